The van der Waals surface area contributed by atoms with E-state index >= 15 is 0 Å². The van der Waals surface area contributed by atoms with Gasteiger partial charge < -0.3 is 39.3 Å². The third kappa shape index (κ3) is 9.11. The highest BCUT2D eigenvalue weighted by Gasteiger charge is 2.43. The first-order valence-corrected chi connectivity index (χ1v) is 23.2. The zero-order valence-electron chi connectivity index (χ0n) is 37.9. The number of carbonyl (C=O) groups excluding carboxylic acids is 1. The predicted octanol–water partition coefficient (Wildman–Crippen LogP) is 6.31. The van der Waals surface area contributed by atoms with E-state index in [4.69, 9.17) is 9.05 Å². The van der Waals surface area contributed by atoms with E-state index in [2.05, 4.69) is 45.6 Å². The molecule has 0 atom stereocenters. The van der Waals surface area contributed by atoms with Crippen molar-refractivity contribution in [2.75, 3.05) is 52.4 Å². The molecular formula is C47H64F2N12O5. The largest absolute Gasteiger partial charge is 0.380 e. The van der Waals surface area contributed by atoms with Crippen molar-refractivity contribution in [1.29, 1.82) is 0 Å². The van der Waals surface area contributed by atoms with Crippen LogP contribution in [0.25, 0.3) is 33.7 Å². The lowest BCUT2D eigenvalue weighted by Gasteiger charge is -2.43. The van der Waals surface area contributed by atoms with Crippen LogP contribution < -0.4 is 5.32 Å². The molecule has 19 heteroatoms. The normalized spacial score (nSPS) is 20.0. The minimum Gasteiger partial charge on any atom is -0.380 e. The number of hydrogen-bond donors (Lipinski definition) is 3. The van der Waals surface area contributed by atoms with Gasteiger partial charge in [-0.15, -0.1) is 0 Å². The molecule has 6 aromatic rings. The minimum absolute atomic E-state index is 0. The number of aromatic nitrogens is 8. The predicted molar refractivity (Wildman–Crippen MR) is 243 cm³/mol. The molecule has 0 spiro atoms. The summed E-state index contributed by atoms with van der Waals surface area (Å²) in [4.78, 5) is 27.2. The Bertz CT molecular complexity index is 2610. The van der Waals surface area contributed by atoms with Crippen molar-refractivity contribution in [3.05, 3.63) is 71.2 Å². The fourth-order valence-electron chi connectivity index (χ4n) is 10.1. The Kier molecular flexibility index (Phi) is 13.7. The third-order valence-electron chi connectivity index (χ3n) is 14.0. The van der Waals surface area contributed by atoms with Gasteiger partial charge in [0.05, 0.1) is 11.4 Å². The van der Waals surface area contributed by atoms with E-state index in [1.807, 2.05) is 44.7 Å². The quantitative estimate of drug-likeness (QED) is 0.154. The number of hydrogen-bond acceptors (Lipinski definition) is 14. The highest BCUT2D eigenvalue weighted by Crippen LogP contribution is 2.37. The van der Waals surface area contributed by atoms with Crippen molar-refractivity contribution in [2.24, 2.45) is 0 Å². The van der Waals surface area contributed by atoms with Gasteiger partial charge in [-0.1, -0.05) is 59.4 Å². The van der Waals surface area contributed by atoms with E-state index in [0.717, 1.165) is 81.7 Å². The first-order valence-electron chi connectivity index (χ1n) is 23.2. The van der Waals surface area contributed by atoms with E-state index in [0.29, 0.717) is 67.3 Å². The van der Waals surface area contributed by atoms with Gasteiger partial charge in [0.1, 0.15) is 33.9 Å². The molecular weight excluding hydrogens is 851 g/mol. The SMILES string of the molecule is C.CC(=O)N1CCC(N2CCC(O)(c3nc(-n4nc(C(C)C)c5cccc(F)c54)no3)CC2)CC1.CC(C)c1nn(-c2noc(C3(O)CCN(C4CCNCC4)CC3)n2)c2c(F)cccc12. The molecule has 356 valence electrons. The number of amides is 1. The van der Waals surface area contributed by atoms with Crippen molar-refractivity contribution in [1.82, 2.24) is 59.9 Å². The topological polar surface area (TPSA) is 193 Å². The molecule has 0 bridgehead atoms. The monoisotopic (exact) mass is 915 g/mol. The summed E-state index contributed by atoms with van der Waals surface area (Å²) < 4.78 is 43.1. The number of likely N-dealkylation sites (tertiary alicyclic amines) is 3. The number of benzene rings is 2. The van der Waals surface area contributed by atoms with Crippen LogP contribution in [0.5, 0.6) is 0 Å². The Hall–Kier alpha value is -5.21. The van der Waals surface area contributed by atoms with E-state index in [-0.39, 0.29) is 48.8 Å². The Balaban J connectivity index is 0.000000177. The number of halogens is 2. The number of fused-ring (bicyclic) bond motifs is 2. The molecule has 4 aromatic heterocycles. The van der Waals surface area contributed by atoms with Crippen molar-refractivity contribution in [3.8, 4) is 11.9 Å². The standard InChI is InChI=1S/C24H31FN6O3.C22H29FN6O2.CH4/c1-15(2)20-18-5-4-6-19(25)21(18)31(27-20)23-26-22(34-28-23)24(33)9-13-30(14-10-24)17-7-11-29(12-8-17)16(3)32;1-14(2)18-16-4-3-5-17(23)19(16)29(26-18)21-25-20(31-27-21)22(30)8-12-28(13-9-22)15-6-10-24-11-7-15;/h4-6,15,17,33H,7-14H2,1-3H3;3-5,14-15,24,30H,6-13H2,1-2H3;1H4. The van der Waals surface area contributed by atoms with Crippen LogP contribution in [0.15, 0.2) is 45.4 Å². The van der Waals surface area contributed by atoms with Crippen LogP contribution in [0.3, 0.4) is 0 Å². The summed E-state index contributed by atoms with van der Waals surface area (Å²) in [6.45, 7) is 16.3. The van der Waals surface area contributed by atoms with Crippen LogP contribution in [0, 0.1) is 11.6 Å². The van der Waals surface area contributed by atoms with Crippen LogP contribution in [0.4, 0.5) is 8.78 Å². The molecule has 4 saturated heterocycles. The lowest BCUT2D eigenvalue weighted by atomic mass is 9.89. The van der Waals surface area contributed by atoms with E-state index in [9.17, 15) is 23.8 Å². The Labute approximate surface area is 383 Å². The number of nitrogens with one attached hydrogen (secondary N) is 1. The first kappa shape index (κ1) is 47.3. The van der Waals surface area contributed by atoms with Gasteiger partial charge in [0.2, 0.25) is 5.91 Å². The molecule has 0 aliphatic carbocycles. The molecule has 0 radical (unpaired) electrons. The van der Waals surface area contributed by atoms with Gasteiger partial charge in [0.15, 0.2) is 0 Å². The summed E-state index contributed by atoms with van der Waals surface area (Å²) in [5, 5.41) is 44.6. The third-order valence-corrected chi connectivity index (χ3v) is 14.0. The maximum atomic E-state index is 14.7. The number of nitrogens with zero attached hydrogens (tertiary/aromatic N) is 11. The van der Waals surface area contributed by atoms with Gasteiger partial charge in [-0.3, -0.25) is 4.79 Å². The number of piperidine rings is 4. The van der Waals surface area contributed by atoms with Gasteiger partial charge in [0, 0.05) is 69.0 Å². The summed E-state index contributed by atoms with van der Waals surface area (Å²) in [6, 6.07) is 10.8. The Morgan fingerprint density at radius 2 is 1.09 bits per heavy atom. The number of rotatable bonds is 8. The maximum Gasteiger partial charge on any atom is 0.291 e. The summed E-state index contributed by atoms with van der Waals surface area (Å²) >= 11 is 0. The molecule has 4 fully saturated rings. The van der Waals surface area contributed by atoms with Gasteiger partial charge >= 0.3 is 0 Å². The zero-order chi connectivity index (χ0) is 45.6. The highest BCUT2D eigenvalue weighted by atomic mass is 19.1. The highest BCUT2D eigenvalue weighted by molar-refractivity contribution is 5.85. The fraction of sp³-hybridized carbons (Fsp3) is 0.596. The molecule has 4 aliphatic heterocycles. The zero-order valence-corrected chi connectivity index (χ0v) is 37.9. The molecule has 66 heavy (non-hydrogen) atoms. The second-order valence-corrected chi connectivity index (χ2v) is 18.8. The van der Waals surface area contributed by atoms with Crippen LogP contribution in [0.1, 0.15) is 128 Å². The van der Waals surface area contributed by atoms with E-state index in [1.54, 1.807) is 19.1 Å². The number of aliphatic hydroxyl groups is 2. The second-order valence-electron chi connectivity index (χ2n) is 18.8. The van der Waals surface area contributed by atoms with E-state index in [1.165, 1.54) is 21.5 Å². The van der Waals surface area contributed by atoms with Crippen molar-refractivity contribution in [2.45, 2.75) is 129 Å². The van der Waals surface area contributed by atoms with Crippen molar-refractivity contribution >= 4 is 27.7 Å². The van der Waals surface area contributed by atoms with Crippen molar-refractivity contribution < 1.29 is 32.8 Å². The van der Waals surface area contributed by atoms with Gasteiger partial charge in [-0.2, -0.15) is 29.5 Å². The minimum atomic E-state index is -1.23. The van der Waals surface area contributed by atoms with Crippen LogP contribution in [0.2, 0.25) is 0 Å². The lowest BCUT2D eigenvalue weighted by Crippen LogP contribution is -2.51. The Morgan fingerprint density at radius 3 is 1.48 bits per heavy atom. The number of para-hydroxylation sites is 2. The van der Waals surface area contributed by atoms with Gasteiger partial charge in [0.25, 0.3) is 23.7 Å². The average molecular weight is 915 g/mol. The molecule has 0 unspecified atom stereocenters. The molecule has 8 heterocycles. The first-order chi connectivity index (χ1) is 31.2. The van der Waals surface area contributed by atoms with Gasteiger partial charge in [-0.05, 0) is 98.7 Å². The summed E-state index contributed by atoms with van der Waals surface area (Å²) in [7, 11) is 0. The molecule has 1 amide bonds. The van der Waals surface area contributed by atoms with Crippen molar-refractivity contribution in [3.63, 3.8) is 0 Å². The Morgan fingerprint density at radius 1 is 0.682 bits per heavy atom. The fourth-order valence-corrected chi connectivity index (χ4v) is 10.1. The molecule has 17 nitrogen and oxygen atoms in total. The summed E-state index contributed by atoms with van der Waals surface area (Å²) in [5.74, 6) is 0.106. The number of carbonyl (C=O) groups is 1. The molecule has 4 aliphatic rings. The smallest absolute Gasteiger partial charge is 0.291 e. The maximum absolute atomic E-state index is 14.7. The van der Waals surface area contributed by atoms with Gasteiger partial charge in [-0.25, -0.2) is 8.78 Å². The molecule has 10 rings (SSSR count). The summed E-state index contributed by atoms with van der Waals surface area (Å²) in [5.41, 5.74) is -0.247. The molecule has 2 aromatic carbocycles. The molecule has 3 N–H and O–H groups in total. The van der Waals surface area contributed by atoms with E-state index < -0.39 is 22.8 Å². The van der Waals surface area contributed by atoms with Crippen LogP contribution in [-0.2, 0) is 16.0 Å². The summed E-state index contributed by atoms with van der Waals surface area (Å²) in [6.07, 6.45) is 6.16. The second kappa shape index (κ2) is 19.2. The molecule has 0 saturated carbocycles. The average Bonchev–Trinajstić information content (AvgIpc) is 4.14. The van der Waals surface area contributed by atoms with Crippen LogP contribution in [-0.4, -0.2) is 135 Å². The lowest BCUT2D eigenvalue weighted by molar-refractivity contribution is -0.130. The van der Waals surface area contributed by atoms with Crippen LogP contribution >= 0.6 is 0 Å².